The van der Waals surface area contributed by atoms with E-state index in [-0.39, 0.29) is 18.5 Å². The van der Waals surface area contributed by atoms with Gasteiger partial charge in [-0.25, -0.2) is 8.42 Å². The van der Waals surface area contributed by atoms with Crippen molar-refractivity contribution in [1.82, 2.24) is 10.2 Å². The molecule has 0 heterocycles. The van der Waals surface area contributed by atoms with Crippen LogP contribution in [0.2, 0.25) is 0 Å². The number of para-hydroxylation sites is 1. The van der Waals surface area contributed by atoms with Gasteiger partial charge in [-0.1, -0.05) is 74.2 Å². The fourth-order valence-electron chi connectivity index (χ4n) is 5.27. The van der Waals surface area contributed by atoms with Crippen molar-refractivity contribution >= 4 is 27.5 Å². The first-order valence-corrected chi connectivity index (χ1v) is 16.4. The predicted octanol–water partition coefficient (Wildman–Crippen LogP) is 5.81. The molecule has 1 aliphatic carbocycles. The molecule has 224 valence electrons. The van der Waals surface area contributed by atoms with Crippen LogP contribution in [0.3, 0.4) is 0 Å². The molecular weight excluding hydrogens is 550 g/mol. The Hall–Kier alpha value is -3.85. The molecule has 0 saturated heterocycles. The number of amides is 2. The zero-order valence-corrected chi connectivity index (χ0v) is 25.5. The van der Waals surface area contributed by atoms with Crippen molar-refractivity contribution in [2.75, 3.05) is 17.1 Å². The standard InChI is InChI=1S/C33H41N3O5S/c1-4-31(33(38)34-27-11-7-5-8-12-27)35(23-26-17-15-25(2)16-18-26)32(37)24-36(42(3,39)40)28-19-21-30(22-20-28)41-29-13-9-6-10-14-29/h6,9-10,13-22,27,31H,4-5,7-8,11-12,23-24H2,1-3H3,(H,34,38)/t31-/m0/s1. The Morgan fingerprint density at radius 2 is 1.52 bits per heavy atom. The van der Waals surface area contributed by atoms with Gasteiger partial charge in [0, 0.05) is 12.6 Å². The first kappa shape index (κ1) is 31.1. The fraction of sp³-hybridized carbons (Fsp3) is 0.394. The average molecular weight is 592 g/mol. The fourth-order valence-corrected chi connectivity index (χ4v) is 6.12. The van der Waals surface area contributed by atoms with Crippen molar-refractivity contribution in [2.45, 2.75) is 71.0 Å². The Kier molecular flexibility index (Phi) is 10.6. The third-order valence-electron chi connectivity index (χ3n) is 7.59. The highest BCUT2D eigenvalue weighted by Crippen LogP contribution is 2.26. The molecule has 0 aromatic heterocycles. The van der Waals surface area contributed by atoms with E-state index in [1.807, 2.05) is 68.4 Å². The number of hydrogen-bond donors (Lipinski definition) is 1. The summed E-state index contributed by atoms with van der Waals surface area (Å²) in [4.78, 5) is 29.0. The molecule has 3 aromatic carbocycles. The normalized spacial score (nSPS) is 14.5. The largest absolute Gasteiger partial charge is 0.457 e. The van der Waals surface area contributed by atoms with Crippen LogP contribution in [0.1, 0.15) is 56.6 Å². The van der Waals surface area contributed by atoms with Gasteiger partial charge >= 0.3 is 0 Å². The van der Waals surface area contributed by atoms with E-state index in [9.17, 15) is 18.0 Å². The number of carbonyl (C=O) groups is 2. The van der Waals surface area contributed by atoms with Crippen molar-refractivity contribution in [3.63, 3.8) is 0 Å². The molecule has 42 heavy (non-hydrogen) atoms. The van der Waals surface area contributed by atoms with Crippen LogP contribution in [0, 0.1) is 6.92 Å². The molecule has 0 radical (unpaired) electrons. The summed E-state index contributed by atoms with van der Waals surface area (Å²) in [7, 11) is -3.83. The summed E-state index contributed by atoms with van der Waals surface area (Å²) in [6.07, 6.45) is 6.66. The Labute approximate surface area is 249 Å². The molecule has 4 rings (SSSR count). The number of benzene rings is 3. The molecule has 9 heteroatoms. The van der Waals surface area contributed by atoms with Gasteiger partial charge in [-0.3, -0.25) is 13.9 Å². The van der Waals surface area contributed by atoms with Gasteiger partial charge < -0.3 is 15.0 Å². The molecule has 1 atom stereocenters. The van der Waals surface area contributed by atoms with E-state index in [2.05, 4.69) is 5.32 Å². The van der Waals surface area contributed by atoms with Gasteiger partial charge in [0.25, 0.3) is 0 Å². The maximum absolute atomic E-state index is 14.0. The van der Waals surface area contributed by atoms with E-state index in [1.165, 1.54) is 11.3 Å². The Morgan fingerprint density at radius 3 is 2.12 bits per heavy atom. The molecule has 1 aliphatic rings. The molecule has 8 nitrogen and oxygen atoms in total. The van der Waals surface area contributed by atoms with E-state index in [1.54, 1.807) is 24.3 Å². The maximum Gasteiger partial charge on any atom is 0.244 e. The smallest absolute Gasteiger partial charge is 0.244 e. The molecule has 0 bridgehead atoms. The van der Waals surface area contributed by atoms with Crippen LogP contribution in [0.4, 0.5) is 5.69 Å². The lowest BCUT2D eigenvalue weighted by molar-refractivity contribution is -0.140. The van der Waals surface area contributed by atoms with E-state index in [0.717, 1.165) is 47.4 Å². The number of ether oxygens (including phenoxy) is 1. The lowest BCUT2D eigenvalue weighted by Crippen LogP contribution is -2.53. The van der Waals surface area contributed by atoms with E-state index in [4.69, 9.17) is 4.74 Å². The quantitative estimate of drug-likeness (QED) is 0.287. The lowest BCUT2D eigenvalue weighted by atomic mass is 9.95. The van der Waals surface area contributed by atoms with Crippen LogP contribution in [-0.2, 0) is 26.2 Å². The van der Waals surface area contributed by atoms with Crippen LogP contribution < -0.4 is 14.4 Å². The van der Waals surface area contributed by atoms with Gasteiger partial charge in [0.05, 0.1) is 11.9 Å². The summed E-state index contributed by atoms with van der Waals surface area (Å²) in [6, 6.07) is 23.0. The molecule has 2 amide bonds. The average Bonchev–Trinajstić information content (AvgIpc) is 2.98. The summed E-state index contributed by atoms with van der Waals surface area (Å²) in [6.45, 7) is 3.62. The summed E-state index contributed by atoms with van der Waals surface area (Å²) in [5.41, 5.74) is 2.29. The maximum atomic E-state index is 14.0. The topological polar surface area (TPSA) is 96.0 Å². The zero-order chi connectivity index (χ0) is 30.1. The second-order valence-electron chi connectivity index (χ2n) is 11.0. The van der Waals surface area contributed by atoms with Gasteiger partial charge in [-0.2, -0.15) is 0 Å². The Morgan fingerprint density at radius 1 is 0.905 bits per heavy atom. The lowest BCUT2D eigenvalue weighted by Gasteiger charge is -2.34. The molecule has 1 N–H and O–H groups in total. The first-order valence-electron chi connectivity index (χ1n) is 14.6. The molecule has 1 fully saturated rings. The Bertz CT molecular complexity index is 1420. The van der Waals surface area contributed by atoms with Crippen molar-refractivity contribution in [2.24, 2.45) is 0 Å². The third-order valence-corrected chi connectivity index (χ3v) is 8.73. The minimum absolute atomic E-state index is 0.0979. The van der Waals surface area contributed by atoms with Gasteiger partial charge in [0.15, 0.2) is 0 Å². The number of nitrogens with one attached hydrogen (secondary N) is 1. The van der Waals surface area contributed by atoms with Gasteiger partial charge in [0.1, 0.15) is 24.1 Å². The first-order chi connectivity index (χ1) is 20.1. The minimum Gasteiger partial charge on any atom is -0.457 e. The van der Waals surface area contributed by atoms with Gasteiger partial charge in [0.2, 0.25) is 21.8 Å². The zero-order valence-electron chi connectivity index (χ0n) is 24.7. The van der Waals surface area contributed by atoms with Crippen molar-refractivity contribution in [3.8, 4) is 11.5 Å². The second-order valence-corrected chi connectivity index (χ2v) is 12.9. The number of hydrogen-bond acceptors (Lipinski definition) is 5. The molecule has 1 saturated carbocycles. The van der Waals surface area contributed by atoms with E-state index in [0.29, 0.717) is 23.6 Å². The predicted molar refractivity (Wildman–Crippen MR) is 166 cm³/mol. The molecule has 0 spiro atoms. The number of carbonyl (C=O) groups excluding carboxylic acids is 2. The number of rotatable bonds is 12. The van der Waals surface area contributed by atoms with Crippen molar-refractivity contribution < 1.29 is 22.7 Å². The monoisotopic (exact) mass is 591 g/mol. The molecule has 0 unspecified atom stereocenters. The summed E-state index contributed by atoms with van der Waals surface area (Å²) in [5, 5.41) is 3.16. The van der Waals surface area contributed by atoms with Gasteiger partial charge in [-0.15, -0.1) is 0 Å². The highest BCUT2D eigenvalue weighted by molar-refractivity contribution is 7.92. The highest BCUT2D eigenvalue weighted by atomic mass is 32.2. The summed E-state index contributed by atoms with van der Waals surface area (Å²) in [5.74, 6) is 0.551. The van der Waals surface area contributed by atoms with Crippen LogP contribution in [0.15, 0.2) is 78.9 Å². The third kappa shape index (κ3) is 8.58. The SMILES string of the molecule is CC[C@@H](C(=O)NC1CCCCC1)N(Cc1ccc(C)cc1)C(=O)CN(c1ccc(Oc2ccccc2)cc1)S(C)(=O)=O. The van der Waals surface area contributed by atoms with E-state index >= 15 is 0 Å². The summed E-state index contributed by atoms with van der Waals surface area (Å²) < 4.78 is 32.8. The minimum atomic E-state index is -3.83. The van der Waals surface area contributed by atoms with Crippen LogP contribution in [0.5, 0.6) is 11.5 Å². The number of anilines is 1. The number of sulfonamides is 1. The highest BCUT2D eigenvalue weighted by Gasteiger charge is 2.32. The number of nitrogens with zero attached hydrogens (tertiary/aromatic N) is 2. The van der Waals surface area contributed by atoms with Crippen molar-refractivity contribution in [3.05, 3.63) is 90.0 Å². The van der Waals surface area contributed by atoms with Gasteiger partial charge in [-0.05, 0) is 68.1 Å². The molecule has 0 aliphatic heterocycles. The van der Waals surface area contributed by atoms with Crippen molar-refractivity contribution in [1.29, 1.82) is 0 Å². The number of aryl methyl sites for hydroxylation is 1. The van der Waals surface area contributed by atoms with Crippen LogP contribution in [-0.4, -0.2) is 50.0 Å². The molecule has 3 aromatic rings. The molecular formula is C33H41N3O5S. The second kappa shape index (κ2) is 14.4. The summed E-state index contributed by atoms with van der Waals surface area (Å²) >= 11 is 0. The van der Waals surface area contributed by atoms with E-state index < -0.39 is 28.5 Å². The van der Waals surface area contributed by atoms with Crippen LogP contribution >= 0.6 is 0 Å². The van der Waals surface area contributed by atoms with Crippen LogP contribution in [0.25, 0.3) is 0 Å². The Balaban J connectivity index is 1.57.